The fourth-order valence-corrected chi connectivity index (χ4v) is 2.61. The lowest BCUT2D eigenvalue weighted by Gasteiger charge is -2.34. The number of halogens is 3. The second-order valence-electron chi connectivity index (χ2n) is 7.53. The maximum Gasteiger partial charge on any atom is 0.387 e. The summed E-state index contributed by atoms with van der Waals surface area (Å²) in [4.78, 5) is 12.2. The Balaban J connectivity index is 1.54. The Morgan fingerprint density at radius 1 is 1.25 bits per heavy atom. The van der Waals surface area contributed by atoms with Crippen molar-refractivity contribution in [1.29, 1.82) is 0 Å². The number of rotatable bonds is 6. The Labute approximate surface area is 159 Å². The van der Waals surface area contributed by atoms with Crippen molar-refractivity contribution in [2.75, 3.05) is 5.32 Å². The number of carbonyl (C=O) groups excluding carboxylic acids is 1. The molecule has 1 amide bonds. The lowest BCUT2D eigenvalue weighted by molar-refractivity contribution is -0.125. The van der Waals surface area contributed by atoms with Gasteiger partial charge in [0.15, 0.2) is 11.5 Å². The topological polar surface area (TPSA) is 86.5 Å². The molecule has 1 saturated carbocycles. The largest absolute Gasteiger partial charge is 0.486 e. The molecule has 7 nitrogen and oxygen atoms in total. The van der Waals surface area contributed by atoms with Crippen LogP contribution in [0.5, 0.6) is 11.5 Å². The van der Waals surface area contributed by atoms with Crippen LogP contribution in [-0.4, -0.2) is 28.8 Å². The normalized spacial score (nSPS) is 19.2. The van der Waals surface area contributed by atoms with Crippen LogP contribution in [0.25, 0.3) is 0 Å². The number of hydrogen-bond donors (Lipinski definition) is 1. The molecular weight excluding hydrogens is 379 g/mol. The molecule has 1 N–H and O–H groups in total. The third kappa shape index (κ3) is 4.73. The standard InChI is InChI=1S/C18H20F3N3O4/c1-18(2,3)15-23-24-17(28-15)22-14(25)9-6-11(7-9)26-13-8-10(19)4-5-12(13)27-16(20)21/h4-5,8-9,11,16H,6-7H2,1-3H3,(H,22,24,25). The van der Waals surface area contributed by atoms with Crippen LogP contribution in [0.2, 0.25) is 0 Å². The third-order valence-electron chi connectivity index (χ3n) is 4.18. The molecule has 10 heteroatoms. The number of alkyl halides is 2. The van der Waals surface area contributed by atoms with Crippen molar-refractivity contribution < 1.29 is 31.9 Å². The molecule has 2 aromatic rings. The van der Waals surface area contributed by atoms with Crippen molar-refractivity contribution in [2.45, 2.75) is 51.7 Å². The highest BCUT2D eigenvalue weighted by atomic mass is 19.3. The third-order valence-corrected chi connectivity index (χ3v) is 4.18. The van der Waals surface area contributed by atoms with E-state index >= 15 is 0 Å². The summed E-state index contributed by atoms with van der Waals surface area (Å²) in [5, 5.41) is 10.2. The fourth-order valence-electron chi connectivity index (χ4n) is 2.61. The number of benzene rings is 1. The van der Waals surface area contributed by atoms with E-state index in [4.69, 9.17) is 9.15 Å². The number of nitrogens with one attached hydrogen (secondary N) is 1. The van der Waals surface area contributed by atoms with Gasteiger partial charge in [-0.1, -0.05) is 25.9 Å². The average molecular weight is 399 g/mol. The van der Waals surface area contributed by atoms with Crippen LogP contribution >= 0.6 is 0 Å². The summed E-state index contributed by atoms with van der Waals surface area (Å²) < 4.78 is 53.5. The zero-order valence-electron chi connectivity index (χ0n) is 15.5. The lowest BCUT2D eigenvalue weighted by atomic mass is 9.81. The highest BCUT2D eigenvalue weighted by Gasteiger charge is 2.37. The molecule has 0 bridgehead atoms. The number of amides is 1. The summed E-state index contributed by atoms with van der Waals surface area (Å²) in [7, 11) is 0. The first-order chi connectivity index (χ1) is 13.1. The van der Waals surface area contributed by atoms with E-state index in [1.807, 2.05) is 20.8 Å². The van der Waals surface area contributed by atoms with E-state index in [0.29, 0.717) is 18.7 Å². The molecule has 28 heavy (non-hydrogen) atoms. The first-order valence-corrected chi connectivity index (χ1v) is 8.67. The van der Waals surface area contributed by atoms with Gasteiger partial charge in [-0.25, -0.2) is 4.39 Å². The van der Waals surface area contributed by atoms with Crippen LogP contribution in [0, 0.1) is 11.7 Å². The van der Waals surface area contributed by atoms with Gasteiger partial charge < -0.3 is 13.9 Å². The minimum Gasteiger partial charge on any atom is -0.486 e. The summed E-state index contributed by atoms with van der Waals surface area (Å²) in [5.41, 5.74) is -0.339. The van der Waals surface area contributed by atoms with Crippen LogP contribution in [0.4, 0.5) is 19.2 Å². The SMILES string of the molecule is CC(C)(C)c1nnc(NC(=O)C2CC(Oc3cc(F)ccc3OC(F)F)C2)o1. The van der Waals surface area contributed by atoms with Crippen LogP contribution < -0.4 is 14.8 Å². The molecule has 0 aliphatic heterocycles. The monoisotopic (exact) mass is 399 g/mol. The molecule has 152 valence electrons. The minimum atomic E-state index is -3.06. The maximum atomic E-state index is 13.4. The molecule has 1 heterocycles. The molecule has 0 radical (unpaired) electrons. The Morgan fingerprint density at radius 3 is 2.57 bits per heavy atom. The van der Waals surface area contributed by atoms with Gasteiger partial charge >= 0.3 is 12.6 Å². The highest BCUT2D eigenvalue weighted by Crippen LogP contribution is 2.37. The number of anilines is 1. The Hall–Kier alpha value is -2.78. The van der Waals surface area contributed by atoms with Crippen LogP contribution in [0.15, 0.2) is 22.6 Å². The predicted molar refractivity (Wildman–Crippen MR) is 91.8 cm³/mol. The molecule has 0 saturated heterocycles. The van der Waals surface area contributed by atoms with Crippen molar-refractivity contribution in [3.05, 3.63) is 29.9 Å². The van der Waals surface area contributed by atoms with Gasteiger partial charge in [0.1, 0.15) is 11.9 Å². The molecular formula is C18H20F3N3O4. The van der Waals surface area contributed by atoms with Gasteiger partial charge in [0.2, 0.25) is 11.8 Å². The van der Waals surface area contributed by atoms with E-state index in [9.17, 15) is 18.0 Å². The Kier molecular flexibility index (Phi) is 5.48. The summed E-state index contributed by atoms with van der Waals surface area (Å²) in [6.45, 7) is 2.65. The smallest absolute Gasteiger partial charge is 0.387 e. The summed E-state index contributed by atoms with van der Waals surface area (Å²) in [5.74, 6) is -1.32. The van der Waals surface area contributed by atoms with Gasteiger partial charge in [-0.15, -0.1) is 5.10 Å². The van der Waals surface area contributed by atoms with E-state index in [0.717, 1.165) is 18.2 Å². The van der Waals surface area contributed by atoms with E-state index < -0.39 is 18.5 Å². The molecule has 3 rings (SSSR count). The van der Waals surface area contributed by atoms with E-state index in [2.05, 4.69) is 20.3 Å². The van der Waals surface area contributed by atoms with Crippen molar-refractivity contribution in [2.24, 2.45) is 5.92 Å². The average Bonchev–Trinajstić information content (AvgIpc) is 3.01. The first-order valence-electron chi connectivity index (χ1n) is 8.67. The first kappa shape index (κ1) is 20.0. The van der Waals surface area contributed by atoms with Crippen molar-refractivity contribution in [3.8, 4) is 11.5 Å². The molecule has 0 unspecified atom stereocenters. The molecule has 1 aromatic carbocycles. The number of aromatic nitrogens is 2. The van der Waals surface area contributed by atoms with Crippen LogP contribution in [-0.2, 0) is 10.2 Å². The van der Waals surface area contributed by atoms with Gasteiger partial charge in [-0.2, -0.15) is 8.78 Å². The van der Waals surface area contributed by atoms with Crippen molar-refractivity contribution in [1.82, 2.24) is 10.2 Å². The summed E-state index contributed by atoms with van der Waals surface area (Å²) >= 11 is 0. The Morgan fingerprint density at radius 2 is 1.96 bits per heavy atom. The second-order valence-corrected chi connectivity index (χ2v) is 7.53. The number of ether oxygens (including phenoxy) is 2. The summed E-state index contributed by atoms with van der Waals surface area (Å²) in [6.07, 6.45) is 0.235. The molecule has 1 aliphatic carbocycles. The van der Waals surface area contributed by atoms with Gasteiger partial charge in [-0.3, -0.25) is 10.1 Å². The van der Waals surface area contributed by atoms with Gasteiger partial charge in [0, 0.05) is 17.4 Å². The molecule has 1 aromatic heterocycles. The molecule has 1 fully saturated rings. The van der Waals surface area contributed by atoms with Crippen LogP contribution in [0.1, 0.15) is 39.5 Å². The Bertz CT molecular complexity index is 845. The quantitative estimate of drug-likeness (QED) is 0.793. The van der Waals surface area contributed by atoms with E-state index in [-0.39, 0.29) is 34.8 Å². The van der Waals surface area contributed by atoms with E-state index in [1.54, 1.807) is 0 Å². The predicted octanol–water partition coefficient (Wildman–Crippen LogP) is 3.90. The van der Waals surface area contributed by atoms with Gasteiger partial charge in [0.25, 0.3) is 0 Å². The van der Waals surface area contributed by atoms with Crippen molar-refractivity contribution >= 4 is 11.9 Å². The van der Waals surface area contributed by atoms with E-state index in [1.165, 1.54) is 0 Å². The molecule has 0 atom stereocenters. The fraction of sp³-hybridized carbons (Fsp3) is 0.500. The summed E-state index contributed by atoms with van der Waals surface area (Å²) in [6, 6.07) is 3.05. The second kappa shape index (κ2) is 7.69. The molecule has 0 spiro atoms. The van der Waals surface area contributed by atoms with Crippen LogP contribution in [0.3, 0.4) is 0 Å². The van der Waals surface area contributed by atoms with Gasteiger partial charge in [-0.05, 0) is 25.0 Å². The highest BCUT2D eigenvalue weighted by molar-refractivity contribution is 5.91. The maximum absolute atomic E-state index is 13.4. The number of carbonyl (C=O) groups is 1. The van der Waals surface area contributed by atoms with Crippen molar-refractivity contribution in [3.63, 3.8) is 0 Å². The number of nitrogens with zero attached hydrogens (tertiary/aromatic N) is 2. The lowest BCUT2D eigenvalue weighted by Crippen LogP contribution is -2.41. The minimum absolute atomic E-state index is 0.0112. The molecule has 1 aliphatic rings. The zero-order chi connectivity index (χ0) is 20.5. The van der Waals surface area contributed by atoms with Gasteiger partial charge in [0.05, 0.1) is 0 Å². The number of hydrogen-bond acceptors (Lipinski definition) is 6. The zero-order valence-corrected chi connectivity index (χ0v) is 15.5.